The van der Waals surface area contributed by atoms with Gasteiger partial charge < -0.3 is 9.80 Å². The molecular formula is C27H26N8. The predicted molar refractivity (Wildman–Crippen MR) is 126 cm³/mol. The molecule has 0 spiro atoms. The molecule has 1 heterocycles. The third-order valence-electron chi connectivity index (χ3n) is 6.80. The lowest BCUT2D eigenvalue weighted by molar-refractivity contribution is 0.243. The van der Waals surface area contributed by atoms with Crippen LogP contribution in [0, 0.1) is 78.8 Å². The molecule has 0 aromatic carbocycles. The van der Waals surface area contributed by atoms with Crippen molar-refractivity contribution >= 4 is 0 Å². The van der Waals surface area contributed by atoms with Gasteiger partial charge in [-0.05, 0) is 36.5 Å². The SMILES string of the molecule is CC1(C)CC(=C(C#N)C#N)C(C#N)=C(N2CCN(C3=C(C#N)C(=C(C#N)C#N)CC(C)(C)C3)C2)C1. The van der Waals surface area contributed by atoms with Gasteiger partial charge in [0.25, 0.3) is 0 Å². The van der Waals surface area contributed by atoms with Crippen molar-refractivity contribution in [3.8, 4) is 36.4 Å². The van der Waals surface area contributed by atoms with Crippen LogP contribution in [0.15, 0.2) is 44.8 Å². The third-order valence-corrected chi connectivity index (χ3v) is 6.80. The number of nitrogens with zero attached hydrogens (tertiary/aromatic N) is 8. The highest BCUT2D eigenvalue weighted by Gasteiger charge is 2.39. The van der Waals surface area contributed by atoms with Crippen LogP contribution in [0.5, 0.6) is 0 Å². The van der Waals surface area contributed by atoms with Crippen LogP contribution in [0.25, 0.3) is 0 Å². The Labute approximate surface area is 206 Å². The number of hydrogen-bond donors (Lipinski definition) is 0. The molecule has 35 heavy (non-hydrogen) atoms. The lowest BCUT2D eigenvalue weighted by Gasteiger charge is -2.39. The third kappa shape index (κ3) is 4.75. The Morgan fingerprint density at radius 3 is 1.23 bits per heavy atom. The van der Waals surface area contributed by atoms with Crippen LogP contribution in [-0.2, 0) is 0 Å². The van der Waals surface area contributed by atoms with E-state index in [1.54, 1.807) is 0 Å². The molecule has 174 valence electrons. The number of rotatable bonds is 2. The molecule has 1 saturated heterocycles. The monoisotopic (exact) mass is 462 g/mol. The molecule has 3 aliphatic rings. The summed E-state index contributed by atoms with van der Waals surface area (Å²) in [6.07, 6.45) is 2.21. The fourth-order valence-electron chi connectivity index (χ4n) is 5.27. The van der Waals surface area contributed by atoms with Crippen molar-refractivity contribution in [2.24, 2.45) is 10.8 Å². The average Bonchev–Trinajstić information content (AvgIpc) is 3.29. The molecule has 0 bridgehead atoms. The summed E-state index contributed by atoms with van der Waals surface area (Å²) >= 11 is 0. The molecule has 0 N–H and O–H groups in total. The summed E-state index contributed by atoms with van der Waals surface area (Å²) in [6.45, 7) is 9.91. The fourth-order valence-corrected chi connectivity index (χ4v) is 5.27. The average molecular weight is 463 g/mol. The summed E-state index contributed by atoms with van der Waals surface area (Å²) in [4.78, 5) is 4.18. The largest absolute Gasteiger partial charge is 0.354 e. The zero-order valence-electron chi connectivity index (χ0n) is 20.5. The topological polar surface area (TPSA) is 149 Å². The van der Waals surface area contributed by atoms with Gasteiger partial charge in [0.05, 0.1) is 17.8 Å². The van der Waals surface area contributed by atoms with Gasteiger partial charge in [-0.15, -0.1) is 0 Å². The molecule has 3 rings (SSSR count). The van der Waals surface area contributed by atoms with Crippen LogP contribution in [0.1, 0.15) is 53.4 Å². The summed E-state index contributed by atoms with van der Waals surface area (Å²) in [5.74, 6) is 0. The first-order valence-corrected chi connectivity index (χ1v) is 11.4. The van der Waals surface area contributed by atoms with Crippen LogP contribution < -0.4 is 0 Å². The van der Waals surface area contributed by atoms with Crippen LogP contribution in [0.4, 0.5) is 0 Å². The van der Waals surface area contributed by atoms with E-state index in [0.717, 1.165) is 11.4 Å². The van der Waals surface area contributed by atoms with Crippen molar-refractivity contribution in [1.29, 1.82) is 31.6 Å². The van der Waals surface area contributed by atoms with Crippen molar-refractivity contribution in [2.45, 2.75) is 53.4 Å². The number of nitriles is 6. The van der Waals surface area contributed by atoms with Crippen LogP contribution >= 0.6 is 0 Å². The Kier molecular flexibility index (Phi) is 6.75. The zero-order valence-corrected chi connectivity index (χ0v) is 20.5. The van der Waals surface area contributed by atoms with Crippen LogP contribution in [-0.4, -0.2) is 29.6 Å². The normalized spacial score (nSPS) is 20.7. The molecule has 1 aliphatic heterocycles. The maximum absolute atomic E-state index is 9.99. The molecule has 0 aromatic rings. The first-order chi connectivity index (χ1) is 16.5. The summed E-state index contributed by atoms with van der Waals surface area (Å²) in [5, 5.41) is 57.9. The van der Waals surface area contributed by atoms with Crippen LogP contribution in [0.2, 0.25) is 0 Å². The maximum Gasteiger partial charge on any atom is 0.134 e. The highest BCUT2D eigenvalue weighted by Crippen LogP contribution is 2.47. The molecule has 8 nitrogen and oxygen atoms in total. The molecule has 1 fully saturated rings. The van der Waals surface area contributed by atoms with E-state index in [2.05, 4.69) is 49.6 Å². The van der Waals surface area contributed by atoms with Gasteiger partial charge in [-0.25, -0.2) is 0 Å². The molecular weight excluding hydrogens is 436 g/mol. The Morgan fingerprint density at radius 1 is 0.600 bits per heavy atom. The van der Waals surface area contributed by atoms with Crippen molar-refractivity contribution in [1.82, 2.24) is 9.80 Å². The van der Waals surface area contributed by atoms with E-state index in [-0.39, 0.29) is 22.0 Å². The Balaban J connectivity index is 2.09. The van der Waals surface area contributed by atoms with Gasteiger partial charge in [-0.2, -0.15) is 31.6 Å². The van der Waals surface area contributed by atoms with Gasteiger partial charge >= 0.3 is 0 Å². The Morgan fingerprint density at radius 2 is 0.943 bits per heavy atom. The molecule has 2 aliphatic carbocycles. The van der Waals surface area contributed by atoms with Gasteiger partial charge in [-0.1, -0.05) is 27.7 Å². The van der Waals surface area contributed by atoms with Gasteiger partial charge in [0.1, 0.15) is 47.6 Å². The van der Waals surface area contributed by atoms with Gasteiger partial charge in [-0.3, -0.25) is 0 Å². The second-order valence-corrected chi connectivity index (χ2v) is 10.7. The molecule has 0 aromatic heterocycles. The maximum atomic E-state index is 9.99. The van der Waals surface area contributed by atoms with Gasteiger partial charge in [0.2, 0.25) is 0 Å². The first kappa shape index (κ1) is 25.1. The van der Waals surface area contributed by atoms with E-state index in [1.165, 1.54) is 0 Å². The second kappa shape index (κ2) is 9.40. The highest BCUT2D eigenvalue weighted by molar-refractivity contribution is 5.58. The minimum atomic E-state index is -0.230. The lowest BCUT2D eigenvalue weighted by atomic mass is 9.72. The summed E-state index contributed by atoms with van der Waals surface area (Å²) in [6, 6.07) is 12.3. The molecule has 0 saturated carbocycles. The van der Waals surface area contributed by atoms with E-state index < -0.39 is 0 Å². The van der Waals surface area contributed by atoms with Crippen molar-refractivity contribution < 1.29 is 0 Å². The molecule has 8 heteroatoms. The van der Waals surface area contributed by atoms with E-state index in [4.69, 9.17) is 0 Å². The molecule has 0 atom stereocenters. The molecule has 0 radical (unpaired) electrons. The van der Waals surface area contributed by atoms with E-state index >= 15 is 0 Å². The van der Waals surface area contributed by atoms with Crippen molar-refractivity contribution in [2.75, 3.05) is 19.8 Å². The lowest BCUT2D eigenvalue weighted by Crippen LogP contribution is -2.34. The van der Waals surface area contributed by atoms with E-state index in [9.17, 15) is 31.6 Å². The van der Waals surface area contributed by atoms with Gasteiger partial charge in [0, 0.05) is 35.6 Å². The smallest absolute Gasteiger partial charge is 0.134 e. The number of allylic oxidation sites excluding steroid dienone is 8. The zero-order chi connectivity index (χ0) is 26.0. The van der Waals surface area contributed by atoms with E-state index in [0.29, 0.717) is 67.7 Å². The minimum Gasteiger partial charge on any atom is -0.354 e. The minimum absolute atomic E-state index is 0.0262. The van der Waals surface area contributed by atoms with Crippen LogP contribution in [0.3, 0.4) is 0 Å². The second-order valence-electron chi connectivity index (χ2n) is 10.7. The Bertz CT molecular complexity index is 1200. The summed E-state index contributed by atoms with van der Waals surface area (Å²) < 4.78 is 0. The van der Waals surface area contributed by atoms with Crippen molar-refractivity contribution in [3.05, 3.63) is 44.8 Å². The first-order valence-electron chi connectivity index (χ1n) is 11.4. The van der Waals surface area contributed by atoms with Crippen molar-refractivity contribution in [3.63, 3.8) is 0 Å². The standard InChI is InChI=1S/C27H26N8/c1-26(2)7-20(18(11-28)12-29)22(15-32)24(9-26)34-5-6-35(17-34)25-10-27(3,4)8-21(23(25)16-33)19(13-30)14-31/h5-10,17H2,1-4H3. The Hall–Kier alpha value is -4.50. The van der Waals surface area contributed by atoms with E-state index in [1.807, 2.05) is 24.3 Å². The molecule has 0 unspecified atom stereocenters. The summed E-state index contributed by atoms with van der Waals surface area (Å²) in [7, 11) is 0. The number of hydrogen-bond acceptors (Lipinski definition) is 8. The summed E-state index contributed by atoms with van der Waals surface area (Å²) in [5.41, 5.74) is 2.87. The fraction of sp³-hybridized carbons (Fsp3) is 0.481. The molecule has 0 amide bonds. The quantitative estimate of drug-likeness (QED) is 0.546. The highest BCUT2D eigenvalue weighted by atomic mass is 15.4. The predicted octanol–water partition coefficient (Wildman–Crippen LogP) is 4.44. The van der Waals surface area contributed by atoms with Gasteiger partial charge in [0.15, 0.2) is 0 Å².